The number of hydrogen-bond donors (Lipinski definition) is 2. The highest BCUT2D eigenvalue weighted by atomic mass is 16.6. The monoisotopic (exact) mass is 287 g/mol. The molecule has 3 aromatic rings. The molecule has 0 bridgehead atoms. The third-order valence-electron chi connectivity index (χ3n) is 3.11. The summed E-state index contributed by atoms with van der Waals surface area (Å²) in [4.78, 5) is 19.6. The molecule has 0 aliphatic heterocycles. The zero-order chi connectivity index (χ0) is 15.2. The van der Waals surface area contributed by atoms with Crippen molar-refractivity contribution in [2.24, 2.45) is 0 Å². The predicted molar refractivity (Wildman–Crippen MR) is 79.1 cm³/mol. The third-order valence-corrected chi connectivity index (χ3v) is 3.11. The molecule has 0 amide bonds. The van der Waals surface area contributed by atoms with Crippen LogP contribution in [-0.4, -0.2) is 31.3 Å². The zero-order valence-electron chi connectivity index (χ0n) is 12.2. The number of H-pyrrole nitrogens is 1. The first-order valence-corrected chi connectivity index (χ1v) is 6.72. The normalized spacial score (nSPS) is 12.2. The number of imidazole rings is 1. The first-order valence-electron chi connectivity index (χ1n) is 6.72. The van der Waals surface area contributed by atoms with E-state index in [1.807, 2.05) is 39.0 Å². The summed E-state index contributed by atoms with van der Waals surface area (Å²) in [6, 6.07) is 5.50. The van der Waals surface area contributed by atoms with Crippen molar-refractivity contribution in [3.8, 4) is 0 Å². The molecule has 0 saturated carbocycles. The quantitative estimate of drug-likeness (QED) is 0.721. The number of nitrogens with one attached hydrogen (secondary N) is 1. The van der Waals surface area contributed by atoms with Crippen molar-refractivity contribution >= 4 is 28.0 Å². The lowest BCUT2D eigenvalue weighted by Crippen LogP contribution is -2.26. The lowest BCUT2D eigenvalue weighted by molar-refractivity contribution is 0.0544. The lowest BCUT2D eigenvalue weighted by atomic mass is 10.2. The standard InChI is InChI=1S/C15H17N3O3/c1-15(2,3)21-14(20)18-7-6-9-11(18)5-4-10-13(9)17-12(8-19)16-10/h4-7,19H,8H2,1-3H3,(H,16,17). The van der Waals surface area contributed by atoms with Crippen LogP contribution in [0.1, 0.15) is 26.6 Å². The van der Waals surface area contributed by atoms with Crippen molar-refractivity contribution in [1.82, 2.24) is 14.5 Å². The van der Waals surface area contributed by atoms with Crippen LogP contribution in [0.2, 0.25) is 0 Å². The molecule has 0 spiro atoms. The predicted octanol–water partition coefficient (Wildman–Crippen LogP) is 2.79. The highest BCUT2D eigenvalue weighted by Gasteiger charge is 2.20. The van der Waals surface area contributed by atoms with Crippen molar-refractivity contribution in [3.05, 3.63) is 30.2 Å². The molecule has 0 aliphatic carbocycles. The molecule has 0 atom stereocenters. The molecule has 3 rings (SSSR count). The van der Waals surface area contributed by atoms with E-state index >= 15 is 0 Å². The molecule has 1 aromatic carbocycles. The van der Waals surface area contributed by atoms with Gasteiger partial charge in [0.1, 0.15) is 18.0 Å². The third kappa shape index (κ3) is 2.38. The van der Waals surface area contributed by atoms with Gasteiger partial charge in [-0.05, 0) is 39.0 Å². The van der Waals surface area contributed by atoms with Crippen LogP contribution in [-0.2, 0) is 11.3 Å². The second kappa shape index (κ2) is 4.60. The lowest BCUT2D eigenvalue weighted by Gasteiger charge is -2.19. The molecule has 0 aliphatic rings. The van der Waals surface area contributed by atoms with Gasteiger partial charge in [0, 0.05) is 11.6 Å². The van der Waals surface area contributed by atoms with E-state index in [9.17, 15) is 4.79 Å². The first kappa shape index (κ1) is 13.6. The number of nitrogens with zero attached hydrogens (tertiary/aromatic N) is 2. The molecule has 0 unspecified atom stereocenters. The van der Waals surface area contributed by atoms with Crippen LogP contribution in [0.25, 0.3) is 21.9 Å². The molecule has 6 heteroatoms. The summed E-state index contributed by atoms with van der Waals surface area (Å²) >= 11 is 0. The summed E-state index contributed by atoms with van der Waals surface area (Å²) in [5.41, 5.74) is 1.74. The van der Waals surface area contributed by atoms with Crippen LogP contribution in [0.3, 0.4) is 0 Å². The number of hydrogen-bond acceptors (Lipinski definition) is 4. The van der Waals surface area contributed by atoms with Gasteiger partial charge in [-0.3, -0.25) is 4.57 Å². The smallest absolute Gasteiger partial charge is 0.418 e. The Morgan fingerprint density at radius 2 is 2.14 bits per heavy atom. The Balaban J connectivity index is 2.12. The summed E-state index contributed by atoms with van der Waals surface area (Å²) in [6.45, 7) is 5.34. The maximum atomic E-state index is 12.2. The van der Waals surface area contributed by atoms with Crippen LogP contribution in [0.5, 0.6) is 0 Å². The fourth-order valence-electron chi connectivity index (χ4n) is 2.29. The van der Waals surface area contributed by atoms with Crippen LogP contribution in [0.15, 0.2) is 24.4 Å². The maximum Gasteiger partial charge on any atom is 0.418 e. The second-order valence-electron chi connectivity index (χ2n) is 5.90. The van der Waals surface area contributed by atoms with Crippen molar-refractivity contribution in [1.29, 1.82) is 0 Å². The minimum Gasteiger partial charge on any atom is -0.443 e. The van der Waals surface area contributed by atoms with Crippen molar-refractivity contribution in [2.45, 2.75) is 33.0 Å². The van der Waals surface area contributed by atoms with E-state index in [1.165, 1.54) is 4.57 Å². The average molecular weight is 287 g/mol. The van der Waals surface area contributed by atoms with E-state index in [-0.39, 0.29) is 6.61 Å². The number of rotatable bonds is 1. The van der Waals surface area contributed by atoms with Crippen LogP contribution in [0.4, 0.5) is 4.79 Å². The Bertz CT molecular complexity index is 824. The molecule has 0 fully saturated rings. The van der Waals surface area contributed by atoms with Gasteiger partial charge in [0.25, 0.3) is 0 Å². The zero-order valence-corrected chi connectivity index (χ0v) is 12.2. The van der Waals surface area contributed by atoms with E-state index in [0.717, 1.165) is 21.9 Å². The number of ether oxygens (including phenoxy) is 1. The molecule has 0 radical (unpaired) electrons. The number of carbonyl (C=O) groups is 1. The van der Waals surface area contributed by atoms with Gasteiger partial charge in [0.05, 0.1) is 16.6 Å². The van der Waals surface area contributed by atoms with Gasteiger partial charge < -0.3 is 14.8 Å². The van der Waals surface area contributed by atoms with E-state index in [0.29, 0.717) is 5.82 Å². The number of fused-ring (bicyclic) bond motifs is 3. The molecule has 2 heterocycles. The fraction of sp³-hybridized carbons (Fsp3) is 0.333. The van der Waals surface area contributed by atoms with E-state index in [2.05, 4.69) is 9.97 Å². The molecule has 110 valence electrons. The minimum absolute atomic E-state index is 0.150. The summed E-state index contributed by atoms with van der Waals surface area (Å²) in [5.74, 6) is 0.502. The van der Waals surface area contributed by atoms with E-state index in [4.69, 9.17) is 9.84 Å². The largest absolute Gasteiger partial charge is 0.443 e. The molecule has 2 aromatic heterocycles. The minimum atomic E-state index is -0.547. The summed E-state index contributed by atoms with van der Waals surface area (Å²) < 4.78 is 6.85. The molecular formula is C15H17N3O3. The van der Waals surface area contributed by atoms with Crippen LogP contribution < -0.4 is 0 Å². The highest BCUT2D eigenvalue weighted by molar-refractivity contribution is 6.05. The number of benzene rings is 1. The first-order chi connectivity index (χ1) is 9.89. The number of carbonyl (C=O) groups excluding carboxylic acids is 1. The van der Waals surface area contributed by atoms with Crippen molar-refractivity contribution < 1.29 is 14.6 Å². The van der Waals surface area contributed by atoms with E-state index in [1.54, 1.807) is 6.20 Å². The Morgan fingerprint density at radius 3 is 2.81 bits per heavy atom. The molecule has 2 N–H and O–H groups in total. The number of aliphatic hydroxyl groups excluding tert-OH is 1. The Kier molecular flexibility index (Phi) is 2.98. The molecule has 21 heavy (non-hydrogen) atoms. The maximum absolute atomic E-state index is 12.2. The fourth-order valence-corrected chi connectivity index (χ4v) is 2.29. The van der Waals surface area contributed by atoms with Crippen molar-refractivity contribution in [2.75, 3.05) is 0 Å². The summed E-state index contributed by atoms with van der Waals surface area (Å²) in [6.07, 6.45) is 1.25. The number of aromatic nitrogens is 3. The number of aromatic amines is 1. The molecule has 0 saturated heterocycles. The Hall–Kier alpha value is -2.34. The average Bonchev–Trinajstić information content (AvgIpc) is 2.99. The molecular weight excluding hydrogens is 270 g/mol. The van der Waals surface area contributed by atoms with Gasteiger partial charge in [0.15, 0.2) is 0 Å². The Labute approximate surface area is 121 Å². The van der Waals surface area contributed by atoms with Gasteiger partial charge >= 0.3 is 6.09 Å². The van der Waals surface area contributed by atoms with Crippen LogP contribution >= 0.6 is 0 Å². The van der Waals surface area contributed by atoms with Gasteiger partial charge in [-0.25, -0.2) is 9.78 Å². The van der Waals surface area contributed by atoms with Crippen molar-refractivity contribution in [3.63, 3.8) is 0 Å². The summed E-state index contributed by atoms with van der Waals surface area (Å²) in [5, 5.41) is 10.0. The van der Waals surface area contributed by atoms with E-state index < -0.39 is 11.7 Å². The Morgan fingerprint density at radius 1 is 1.38 bits per heavy atom. The van der Waals surface area contributed by atoms with Gasteiger partial charge in [-0.2, -0.15) is 0 Å². The topological polar surface area (TPSA) is 80.1 Å². The van der Waals surface area contributed by atoms with Crippen LogP contribution in [0, 0.1) is 0 Å². The van der Waals surface area contributed by atoms with Gasteiger partial charge in [0.2, 0.25) is 0 Å². The highest BCUT2D eigenvalue weighted by Crippen LogP contribution is 2.25. The molecule has 6 nitrogen and oxygen atoms in total. The van der Waals surface area contributed by atoms with Gasteiger partial charge in [-0.1, -0.05) is 0 Å². The van der Waals surface area contributed by atoms with Gasteiger partial charge in [-0.15, -0.1) is 0 Å². The second-order valence-corrected chi connectivity index (χ2v) is 5.90. The number of aliphatic hydroxyl groups is 1. The SMILES string of the molecule is CC(C)(C)OC(=O)n1ccc2c3nc(CO)[nH]c3ccc21. The summed E-state index contributed by atoms with van der Waals surface area (Å²) in [7, 11) is 0.